The van der Waals surface area contributed by atoms with E-state index in [1.165, 1.54) is 0 Å². The van der Waals surface area contributed by atoms with Crippen LogP contribution in [-0.2, 0) is 0 Å². The molecule has 0 N–H and O–H groups in total. The smallest absolute Gasteiger partial charge is 0.274 e. The number of aryl methyl sites for hydroxylation is 1. The van der Waals surface area contributed by atoms with Crippen LogP contribution in [0.2, 0.25) is 0 Å². The standard InChI is InChI=1S/C22H25N5O3/c1-16-21(27(24-23-16)18-9-5-7-11-20(18)30-3)22(28)26-14-12-25(13-15-26)17-8-4-6-10-19(17)29-2/h4-11H,12-15H2,1-3H3. The van der Waals surface area contributed by atoms with E-state index in [4.69, 9.17) is 9.47 Å². The van der Waals surface area contributed by atoms with Crippen LogP contribution in [-0.4, -0.2) is 66.2 Å². The van der Waals surface area contributed by atoms with E-state index in [0.29, 0.717) is 35.9 Å². The molecule has 0 atom stereocenters. The van der Waals surface area contributed by atoms with Crippen molar-refractivity contribution in [1.29, 1.82) is 0 Å². The van der Waals surface area contributed by atoms with Gasteiger partial charge in [0.25, 0.3) is 5.91 Å². The molecule has 156 valence electrons. The zero-order valence-electron chi connectivity index (χ0n) is 17.4. The molecule has 0 saturated carbocycles. The minimum absolute atomic E-state index is 0.0805. The molecule has 2 aromatic carbocycles. The van der Waals surface area contributed by atoms with Gasteiger partial charge in [0.2, 0.25) is 0 Å². The van der Waals surface area contributed by atoms with Crippen LogP contribution in [0, 0.1) is 6.92 Å². The van der Waals surface area contributed by atoms with Gasteiger partial charge in [0.1, 0.15) is 17.2 Å². The number of carbonyl (C=O) groups is 1. The molecule has 30 heavy (non-hydrogen) atoms. The maximum atomic E-state index is 13.4. The Morgan fingerprint density at radius 1 is 0.867 bits per heavy atom. The SMILES string of the molecule is COc1ccccc1N1CCN(C(=O)c2c(C)nnn2-c2ccccc2OC)CC1. The molecule has 1 amide bonds. The molecule has 0 spiro atoms. The molecule has 3 aromatic rings. The molecule has 2 heterocycles. The topological polar surface area (TPSA) is 72.7 Å². The lowest BCUT2D eigenvalue weighted by Crippen LogP contribution is -2.49. The summed E-state index contributed by atoms with van der Waals surface area (Å²) in [5, 5.41) is 8.36. The molecular formula is C22H25N5O3. The van der Waals surface area contributed by atoms with Gasteiger partial charge < -0.3 is 19.3 Å². The number of methoxy groups -OCH3 is 2. The molecule has 4 rings (SSSR count). The third-order valence-electron chi connectivity index (χ3n) is 5.35. The van der Waals surface area contributed by atoms with Gasteiger partial charge in [-0.3, -0.25) is 4.79 Å². The van der Waals surface area contributed by atoms with E-state index in [1.807, 2.05) is 53.4 Å². The van der Waals surface area contributed by atoms with Crippen LogP contribution in [0.5, 0.6) is 11.5 Å². The monoisotopic (exact) mass is 407 g/mol. The van der Waals surface area contributed by atoms with Crippen molar-refractivity contribution in [3.63, 3.8) is 0 Å². The lowest BCUT2D eigenvalue weighted by molar-refractivity contribution is 0.0736. The number of rotatable bonds is 5. The van der Waals surface area contributed by atoms with Gasteiger partial charge in [0, 0.05) is 26.2 Å². The normalized spacial score (nSPS) is 14.0. The number of para-hydroxylation sites is 4. The second kappa shape index (κ2) is 8.44. The predicted molar refractivity (Wildman–Crippen MR) is 114 cm³/mol. The Balaban J connectivity index is 1.55. The summed E-state index contributed by atoms with van der Waals surface area (Å²) in [5.41, 5.74) is 2.80. The number of hydrogen-bond donors (Lipinski definition) is 0. The Bertz CT molecular complexity index is 1040. The first-order valence-electron chi connectivity index (χ1n) is 9.87. The summed E-state index contributed by atoms with van der Waals surface area (Å²) < 4.78 is 12.5. The highest BCUT2D eigenvalue weighted by atomic mass is 16.5. The third kappa shape index (κ3) is 3.56. The van der Waals surface area contributed by atoms with Crippen molar-refractivity contribution >= 4 is 11.6 Å². The number of amides is 1. The van der Waals surface area contributed by atoms with Crippen molar-refractivity contribution in [3.8, 4) is 17.2 Å². The Morgan fingerprint density at radius 2 is 1.43 bits per heavy atom. The van der Waals surface area contributed by atoms with Crippen molar-refractivity contribution in [3.05, 3.63) is 59.9 Å². The average Bonchev–Trinajstić information content (AvgIpc) is 3.19. The predicted octanol–water partition coefficient (Wildman–Crippen LogP) is 2.56. The third-order valence-corrected chi connectivity index (χ3v) is 5.35. The molecule has 8 heteroatoms. The van der Waals surface area contributed by atoms with E-state index in [1.54, 1.807) is 25.8 Å². The van der Waals surface area contributed by atoms with Gasteiger partial charge in [-0.2, -0.15) is 0 Å². The number of benzene rings is 2. The second-order valence-electron chi connectivity index (χ2n) is 7.06. The van der Waals surface area contributed by atoms with Crippen LogP contribution in [0.3, 0.4) is 0 Å². The maximum Gasteiger partial charge on any atom is 0.274 e. The van der Waals surface area contributed by atoms with Crippen molar-refractivity contribution in [2.45, 2.75) is 6.92 Å². The second-order valence-corrected chi connectivity index (χ2v) is 7.06. The minimum Gasteiger partial charge on any atom is -0.495 e. The molecule has 0 aliphatic carbocycles. The molecule has 0 unspecified atom stereocenters. The zero-order valence-corrected chi connectivity index (χ0v) is 17.4. The molecule has 1 aromatic heterocycles. The first kappa shape index (κ1) is 19.8. The molecule has 1 fully saturated rings. The lowest BCUT2D eigenvalue weighted by Gasteiger charge is -2.36. The van der Waals surface area contributed by atoms with Crippen LogP contribution in [0.4, 0.5) is 5.69 Å². The number of carbonyl (C=O) groups excluding carboxylic acids is 1. The molecule has 0 bridgehead atoms. The van der Waals surface area contributed by atoms with E-state index in [0.717, 1.165) is 24.5 Å². The maximum absolute atomic E-state index is 13.4. The highest BCUT2D eigenvalue weighted by Gasteiger charge is 2.28. The Labute approximate surface area is 175 Å². The van der Waals surface area contributed by atoms with Crippen molar-refractivity contribution in [2.24, 2.45) is 0 Å². The number of aromatic nitrogens is 3. The fourth-order valence-corrected chi connectivity index (χ4v) is 3.77. The summed E-state index contributed by atoms with van der Waals surface area (Å²) in [6.45, 7) is 4.46. The summed E-state index contributed by atoms with van der Waals surface area (Å²) in [4.78, 5) is 17.5. The molecular weight excluding hydrogens is 382 g/mol. The lowest BCUT2D eigenvalue weighted by atomic mass is 10.2. The first-order chi connectivity index (χ1) is 14.6. The van der Waals surface area contributed by atoms with Crippen LogP contribution in [0.15, 0.2) is 48.5 Å². The van der Waals surface area contributed by atoms with E-state index in [-0.39, 0.29) is 5.91 Å². The number of hydrogen-bond acceptors (Lipinski definition) is 6. The fourth-order valence-electron chi connectivity index (χ4n) is 3.77. The summed E-state index contributed by atoms with van der Waals surface area (Å²) in [6.07, 6.45) is 0. The van der Waals surface area contributed by atoms with Gasteiger partial charge in [0.15, 0.2) is 5.69 Å². The number of ether oxygens (including phenoxy) is 2. The van der Waals surface area contributed by atoms with Gasteiger partial charge in [-0.1, -0.05) is 29.5 Å². The van der Waals surface area contributed by atoms with Crippen LogP contribution in [0.25, 0.3) is 5.69 Å². The number of nitrogens with zero attached hydrogens (tertiary/aromatic N) is 5. The van der Waals surface area contributed by atoms with Crippen LogP contribution >= 0.6 is 0 Å². The summed E-state index contributed by atoms with van der Waals surface area (Å²) in [5.74, 6) is 1.40. The molecule has 1 aliphatic rings. The summed E-state index contributed by atoms with van der Waals surface area (Å²) in [7, 11) is 3.27. The van der Waals surface area contributed by atoms with Gasteiger partial charge in [0.05, 0.1) is 25.6 Å². The van der Waals surface area contributed by atoms with Gasteiger partial charge in [-0.25, -0.2) is 4.68 Å². The van der Waals surface area contributed by atoms with E-state index in [2.05, 4.69) is 15.2 Å². The molecule has 1 saturated heterocycles. The van der Waals surface area contributed by atoms with Crippen LogP contribution < -0.4 is 14.4 Å². The summed E-state index contributed by atoms with van der Waals surface area (Å²) >= 11 is 0. The summed E-state index contributed by atoms with van der Waals surface area (Å²) in [6, 6.07) is 15.4. The van der Waals surface area contributed by atoms with Gasteiger partial charge >= 0.3 is 0 Å². The fraction of sp³-hybridized carbons (Fsp3) is 0.318. The number of anilines is 1. The number of piperazine rings is 1. The Morgan fingerprint density at radius 3 is 2.07 bits per heavy atom. The Kier molecular flexibility index (Phi) is 5.56. The Hall–Kier alpha value is -3.55. The van der Waals surface area contributed by atoms with E-state index >= 15 is 0 Å². The molecule has 1 aliphatic heterocycles. The molecule has 0 radical (unpaired) electrons. The largest absolute Gasteiger partial charge is 0.495 e. The van der Waals surface area contributed by atoms with Crippen LogP contribution in [0.1, 0.15) is 16.2 Å². The quantitative estimate of drug-likeness (QED) is 0.647. The highest BCUT2D eigenvalue weighted by molar-refractivity contribution is 5.94. The van der Waals surface area contributed by atoms with Gasteiger partial charge in [-0.05, 0) is 31.2 Å². The van der Waals surface area contributed by atoms with Gasteiger partial charge in [-0.15, -0.1) is 5.10 Å². The van der Waals surface area contributed by atoms with Crippen molar-refractivity contribution in [2.75, 3.05) is 45.3 Å². The van der Waals surface area contributed by atoms with Crippen molar-refractivity contribution in [1.82, 2.24) is 19.9 Å². The average molecular weight is 407 g/mol. The minimum atomic E-state index is -0.0805. The van der Waals surface area contributed by atoms with E-state index in [9.17, 15) is 4.79 Å². The zero-order chi connectivity index (χ0) is 21.1. The molecule has 8 nitrogen and oxygen atoms in total. The first-order valence-corrected chi connectivity index (χ1v) is 9.87. The van der Waals surface area contributed by atoms with Crippen molar-refractivity contribution < 1.29 is 14.3 Å². The highest BCUT2D eigenvalue weighted by Crippen LogP contribution is 2.29. The van der Waals surface area contributed by atoms with E-state index < -0.39 is 0 Å².